The van der Waals surface area contributed by atoms with E-state index in [0.29, 0.717) is 42.1 Å². The molecular weight excluding hydrogens is 801 g/mol. The lowest BCUT2D eigenvalue weighted by Crippen LogP contribution is -2.69. The summed E-state index contributed by atoms with van der Waals surface area (Å²) in [7, 11) is 1.84. The number of aliphatic hydroxyl groups excluding tert-OH is 2. The highest BCUT2D eigenvalue weighted by Crippen LogP contribution is 2.62. The van der Waals surface area contributed by atoms with Crippen LogP contribution in [0, 0.1) is 17.8 Å². The number of nitrogens with zero attached hydrogens (tertiary/aromatic N) is 2. The molecule has 5 aromatic rings. The number of aliphatic hydroxyl groups is 2. The maximum Gasteiger partial charge on any atom is 0.254 e. The van der Waals surface area contributed by atoms with Gasteiger partial charge in [0.25, 0.3) is 5.91 Å². The maximum absolute atomic E-state index is 14.9. The number of oxime groups is 1. The summed E-state index contributed by atoms with van der Waals surface area (Å²) in [4.78, 5) is 23.0. The second-order valence-electron chi connectivity index (χ2n) is 18.4. The minimum atomic E-state index is -1.36. The molecule has 9 heteroatoms. The Labute approximate surface area is 378 Å². The minimum absolute atomic E-state index is 0.0822. The van der Waals surface area contributed by atoms with Crippen molar-refractivity contribution in [1.29, 1.82) is 0 Å². The number of ether oxygens (including phenoxy) is 3. The van der Waals surface area contributed by atoms with Crippen LogP contribution in [0.4, 0.5) is 0 Å². The smallest absolute Gasteiger partial charge is 0.254 e. The number of hydrogen-bond acceptors (Lipinski definition) is 8. The molecule has 8 rings (SSSR count). The Morgan fingerprint density at radius 1 is 0.844 bits per heavy atom. The summed E-state index contributed by atoms with van der Waals surface area (Å²) in [6, 6.07) is 37.7. The van der Waals surface area contributed by atoms with E-state index in [-0.39, 0.29) is 43.5 Å². The fourth-order valence-electron chi connectivity index (χ4n) is 10.1. The largest absolute Gasteiger partial charge is 0.459 e. The zero-order chi connectivity index (χ0) is 44.8. The Hall–Kier alpha value is -5.74. The van der Waals surface area contributed by atoms with E-state index < -0.39 is 23.3 Å². The van der Waals surface area contributed by atoms with Crippen LogP contribution in [-0.2, 0) is 9.57 Å². The molecule has 1 aliphatic heterocycles. The zero-order valence-electron chi connectivity index (χ0n) is 37.6. The van der Waals surface area contributed by atoms with Crippen molar-refractivity contribution in [2.45, 2.75) is 89.1 Å². The Balaban J connectivity index is 1.28. The first-order valence-electron chi connectivity index (χ1n) is 22.9. The van der Waals surface area contributed by atoms with Crippen LogP contribution in [0.5, 0.6) is 17.2 Å². The van der Waals surface area contributed by atoms with E-state index in [9.17, 15) is 15.0 Å². The summed E-state index contributed by atoms with van der Waals surface area (Å²) in [5, 5.41) is 26.9. The number of unbranched alkanes of at least 4 members (excludes halogenated alkanes) is 2. The summed E-state index contributed by atoms with van der Waals surface area (Å²) in [6.07, 6.45) is 9.14. The van der Waals surface area contributed by atoms with Gasteiger partial charge < -0.3 is 34.2 Å². The van der Waals surface area contributed by atoms with E-state index in [1.807, 2.05) is 113 Å². The molecule has 9 nitrogen and oxygen atoms in total. The normalized spacial score (nSPS) is 23.1. The molecule has 2 aliphatic carbocycles. The number of fused-ring (bicyclic) bond motifs is 3. The lowest BCUT2D eigenvalue weighted by Gasteiger charge is -2.59. The standard InChI is InChI=1S/C55H62N2O7/c1-6-32-61-55-50(57(5)53(60)42-23-22-38-18-10-11-19-40(38)33-42)36-48(56-64-54(2,3)4)46-34-41(20-12-14-30-58)45(21-13-15-31-59)51(52(46)55)47-35-44(28-29-49(47)63-55)62-43-26-24-39(25-27-43)37-16-8-7-9-17-37/h6-11,16-19,22-29,33-35,41,45,50-52,58-59H,1,12-15,20-21,30-32,36H2,2-5H3/t41-,45+,50-,51+,52+,55+/m0/s1. The molecule has 1 amide bonds. The Morgan fingerprint density at radius 3 is 2.25 bits per heavy atom. The third-order valence-corrected chi connectivity index (χ3v) is 13.1. The van der Waals surface area contributed by atoms with Gasteiger partial charge in [-0.25, -0.2) is 0 Å². The van der Waals surface area contributed by atoms with Crippen molar-refractivity contribution in [2.75, 3.05) is 26.9 Å². The Morgan fingerprint density at radius 2 is 1.53 bits per heavy atom. The average molecular weight is 863 g/mol. The van der Waals surface area contributed by atoms with E-state index in [1.54, 1.807) is 11.0 Å². The van der Waals surface area contributed by atoms with Gasteiger partial charge in [0.2, 0.25) is 5.79 Å². The minimum Gasteiger partial charge on any atom is -0.459 e. The van der Waals surface area contributed by atoms with E-state index in [1.165, 1.54) is 0 Å². The Kier molecular flexibility index (Phi) is 13.7. The van der Waals surface area contributed by atoms with Crippen LogP contribution < -0.4 is 9.47 Å². The van der Waals surface area contributed by atoms with E-state index >= 15 is 0 Å². The first-order chi connectivity index (χ1) is 31.0. The van der Waals surface area contributed by atoms with Gasteiger partial charge >= 0.3 is 0 Å². The number of amides is 1. The van der Waals surface area contributed by atoms with E-state index in [0.717, 1.165) is 64.4 Å². The predicted molar refractivity (Wildman–Crippen MR) is 254 cm³/mol. The number of allylic oxidation sites excluding steroid dienone is 1. The third-order valence-electron chi connectivity index (χ3n) is 13.1. The average Bonchev–Trinajstić information content (AvgIpc) is 3.31. The molecule has 3 aliphatic rings. The highest BCUT2D eigenvalue weighted by atomic mass is 16.7. The molecule has 334 valence electrons. The summed E-state index contributed by atoms with van der Waals surface area (Å²) in [5.41, 5.74) is 4.96. The fraction of sp³-hybridized carbons (Fsp3) is 0.382. The van der Waals surface area contributed by atoms with E-state index in [4.69, 9.17) is 24.2 Å². The van der Waals surface area contributed by atoms with Crippen molar-refractivity contribution in [2.24, 2.45) is 22.9 Å². The molecule has 1 saturated carbocycles. The zero-order valence-corrected chi connectivity index (χ0v) is 37.6. The van der Waals surface area contributed by atoms with Crippen molar-refractivity contribution in [3.63, 3.8) is 0 Å². The van der Waals surface area contributed by atoms with Gasteiger partial charge in [-0.2, -0.15) is 0 Å². The van der Waals surface area contributed by atoms with E-state index in [2.05, 4.69) is 43.0 Å². The van der Waals surface area contributed by atoms with Crippen molar-refractivity contribution in [3.8, 4) is 28.4 Å². The molecule has 0 saturated heterocycles. The molecule has 1 fully saturated rings. The quantitative estimate of drug-likeness (QED) is 0.0544. The number of hydrogen-bond donors (Lipinski definition) is 2. The van der Waals surface area contributed by atoms with Gasteiger partial charge in [-0.05, 0) is 128 Å². The third kappa shape index (κ3) is 9.39. The Bertz CT molecular complexity index is 2470. The van der Waals surface area contributed by atoms with Crippen LogP contribution in [0.15, 0.2) is 145 Å². The molecule has 2 N–H and O–H groups in total. The van der Waals surface area contributed by atoms with Gasteiger partial charge in [0, 0.05) is 43.7 Å². The molecule has 0 bridgehead atoms. The number of likely N-dealkylation sites (N-methyl/N-ethyl adjacent to an activating group) is 1. The second-order valence-corrected chi connectivity index (χ2v) is 18.4. The van der Waals surface area contributed by atoms with Crippen LogP contribution in [-0.4, -0.2) is 71.0 Å². The number of rotatable bonds is 17. The molecule has 0 unspecified atom stereocenters. The van der Waals surface area contributed by atoms with Gasteiger partial charge in [0.15, 0.2) is 0 Å². The lowest BCUT2D eigenvalue weighted by molar-refractivity contribution is -0.252. The predicted octanol–water partition coefficient (Wildman–Crippen LogP) is 11.5. The summed E-state index contributed by atoms with van der Waals surface area (Å²) >= 11 is 0. The molecule has 0 radical (unpaired) electrons. The maximum atomic E-state index is 14.9. The summed E-state index contributed by atoms with van der Waals surface area (Å²) < 4.78 is 21.1. The van der Waals surface area contributed by atoms with Crippen molar-refractivity contribution in [3.05, 3.63) is 151 Å². The van der Waals surface area contributed by atoms with Crippen LogP contribution in [0.1, 0.15) is 87.6 Å². The van der Waals surface area contributed by atoms with Crippen molar-refractivity contribution in [1.82, 2.24) is 4.90 Å². The highest BCUT2D eigenvalue weighted by molar-refractivity contribution is 6.04. The van der Waals surface area contributed by atoms with Gasteiger partial charge in [0.05, 0.1) is 18.2 Å². The van der Waals surface area contributed by atoms with Crippen LogP contribution in [0.25, 0.3) is 21.9 Å². The number of benzene rings is 5. The number of carbonyl (C=O) groups is 1. The van der Waals surface area contributed by atoms with Gasteiger partial charge in [-0.1, -0.05) is 103 Å². The highest BCUT2D eigenvalue weighted by Gasteiger charge is 2.65. The topological polar surface area (TPSA) is 110 Å². The monoisotopic (exact) mass is 862 g/mol. The second kappa shape index (κ2) is 19.6. The van der Waals surface area contributed by atoms with Gasteiger partial charge in [-0.15, -0.1) is 6.58 Å². The molecule has 64 heavy (non-hydrogen) atoms. The SMILES string of the molecule is C=CCO[C@@]12Oc3ccc(Oc4ccc(-c5ccccc5)cc4)cc3[C@H]3[C@H](CCCCO)[C@@H](CCCCO)C=C(C(=NOC(C)(C)C)C[C@@H]1N(C)C(=O)c1ccc4ccccc4c1)[C@H]32. The molecular formula is C55H62N2O7. The van der Waals surface area contributed by atoms with Crippen LogP contribution >= 0.6 is 0 Å². The molecule has 0 aromatic heterocycles. The fourth-order valence-corrected chi connectivity index (χ4v) is 10.1. The summed E-state index contributed by atoms with van der Waals surface area (Å²) in [5.74, 6) is 0.118. The van der Waals surface area contributed by atoms with Crippen molar-refractivity contribution >= 4 is 22.4 Å². The lowest BCUT2D eigenvalue weighted by atomic mass is 9.55. The molecule has 0 spiro atoms. The van der Waals surface area contributed by atoms with Gasteiger partial charge in [-0.3, -0.25) is 4.79 Å². The van der Waals surface area contributed by atoms with Crippen LogP contribution in [0.3, 0.4) is 0 Å². The van der Waals surface area contributed by atoms with Crippen LogP contribution in [0.2, 0.25) is 0 Å². The molecule has 5 aromatic carbocycles. The van der Waals surface area contributed by atoms with Gasteiger partial charge in [0.1, 0.15) is 28.9 Å². The number of carbonyl (C=O) groups excluding carboxylic acids is 1. The van der Waals surface area contributed by atoms with Crippen molar-refractivity contribution < 1.29 is 34.1 Å². The first-order valence-corrected chi connectivity index (χ1v) is 22.9. The summed E-state index contributed by atoms with van der Waals surface area (Å²) in [6.45, 7) is 10.4. The molecule has 6 atom stereocenters. The molecule has 1 heterocycles. The first kappa shape index (κ1) is 44.9.